The lowest BCUT2D eigenvalue weighted by Crippen LogP contribution is -2.39. The summed E-state index contributed by atoms with van der Waals surface area (Å²) in [6.45, 7) is 0.986. The normalized spacial score (nSPS) is 9.65. The van der Waals surface area contributed by atoms with Crippen molar-refractivity contribution in [3.63, 3.8) is 0 Å². The molecule has 106 valence electrons. The van der Waals surface area contributed by atoms with Crippen LogP contribution in [0.4, 0.5) is 0 Å². The van der Waals surface area contributed by atoms with Crippen molar-refractivity contribution in [2.75, 3.05) is 19.7 Å². The Morgan fingerprint density at radius 3 is 2.75 bits per heavy atom. The zero-order chi connectivity index (χ0) is 15.1. The minimum atomic E-state index is -1.13. The van der Waals surface area contributed by atoms with Crippen LogP contribution in [0.25, 0.3) is 0 Å². The first kappa shape index (κ1) is 15.9. The molecule has 5 nitrogen and oxygen atoms in total. The maximum atomic E-state index is 11.8. The summed E-state index contributed by atoms with van der Waals surface area (Å²) in [5.41, 5.74) is 0.784. The number of carboxylic acid groups (broad SMARTS) is 1. The number of carboxylic acids is 1. The molecule has 0 heterocycles. The second-order valence-electron chi connectivity index (χ2n) is 4.05. The van der Waals surface area contributed by atoms with Crippen LogP contribution < -0.4 is 4.74 Å². The van der Waals surface area contributed by atoms with Crippen LogP contribution in [-0.4, -0.2) is 41.6 Å². The third kappa shape index (κ3) is 4.82. The minimum absolute atomic E-state index is 0.0753. The van der Waals surface area contributed by atoms with Gasteiger partial charge in [0, 0.05) is 5.02 Å². The van der Waals surface area contributed by atoms with Crippen LogP contribution in [0.1, 0.15) is 5.56 Å². The molecule has 6 heteroatoms. The number of benzene rings is 1. The largest absolute Gasteiger partial charge is 0.483 e. The molecular formula is C14H14ClNO4. The summed E-state index contributed by atoms with van der Waals surface area (Å²) in [4.78, 5) is 23.5. The van der Waals surface area contributed by atoms with Gasteiger partial charge in [0.25, 0.3) is 5.91 Å². The Morgan fingerprint density at radius 1 is 1.50 bits per heavy atom. The molecule has 0 saturated heterocycles. The fourth-order valence-corrected chi connectivity index (χ4v) is 1.74. The van der Waals surface area contributed by atoms with Crippen molar-refractivity contribution in [1.29, 1.82) is 0 Å². The first-order valence-electron chi connectivity index (χ1n) is 5.76. The van der Waals surface area contributed by atoms with Crippen LogP contribution >= 0.6 is 11.6 Å². The van der Waals surface area contributed by atoms with E-state index in [1.807, 2.05) is 0 Å². The molecule has 1 aromatic rings. The third-order valence-corrected chi connectivity index (χ3v) is 2.68. The molecule has 0 spiro atoms. The van der Waals surface area contributed by atoms with Crippen LogP contribution in [-0.2, 0) is 9.59 Å². The molecule has 0 atom stereocenters. The van der Waals surface area contributed by atoms with Crippen molar-refractivity contribution in [3.8, 4) is 18.1 Å². The van der Waals surface area contributed by atoms with Crippen molar-refractivity contribution < 1.29 is 19.4 Å². The van der Waals surface area contributed by atoms with Crippen molar-refractivity contribution in [3.05, 3.63) is 28.8 Å². The second kappa shape index (κ2) is 7.41. The van der Waals surface area contributed by atoms with Gasteiger partial charge in [0.15, 0.2) is 6.61 Å². The summed E-state index contributed by atoms with van der Waals surface area (Å²) in [5.74, 6) is 1.14. The molecular weight excluding hydrogens is 282 g/mol. The Morgan fingerprint density at radius 2 is 2.20 bits per heavy atom. The number of carbonyl (C=O) groups excluding carboxylic acids is 1. The Labute approximate surface area is 122 Å². The fourth-order valence-electron chi connectivity index (χ4n) is 1.51. The molecule has 1 amide bonds. The van der Waals surface area contributed by atoms with Gasteiger partial charge in [0.05, 0.1) is 6.54 Å². The lowest BCUT2D eigenvalue weighted by Gasteiger charge is -2.18. The van der Waals surface area contributed by atoms with Gasteiger partial charge in [-0.05, 0) is 30.7 Å². The molecule has 0 aliphatic rings. The predicted octanol–water partition coefficient (Wildman–Crippen LogP) is 1.57. The highest BCUT2D eigenvalue weighted by molar-refractivity contribution is 6.30. The van der Waals surface area contributed by atoms with E-state index in [1.165, 1.54) is 0 Å². The summed E-state index contributed by atoms with van der Waals surface area (Å²) in [7, 11) is 0. The first-order chi connectivity index (χ1) is 9.43. The number of terminal acetylenes is 1. The van der Waals surface area contributed by atoms with Crippen molar-refractivity contribution in [2.45, 2.75) is 6.92 Å². The van der Waals surface area contributed by atoms with E-state index in [9.17, 15) is 9.59 Å². The van der Waals surface area contributed by atoms with Gasteiger partial charge in [-0.1, -0.05) is 17.5 Å². The van der Waals surface area contributed by atoms with E-state index < -0.39 is 18.4 Å². The van der Waals surface area contributed by atoms with Crippen molar-refractivity contribution in [1.82, 2.24) is 4.90 Å². The van der Waals surface area contributed by atoms with E-state index >= 15 is 0 Å². The SMILES string of the molecule is C#CCN(CC(=O)O)C(=O)COc1ccc(Cl)cc1C. The number of aryl methyl sites for hydroxylation is 1. The third-order valence-electron chi connectivity index (χ3n) is 2.45. The Hall–Kier alpha value is -2.19. The van der Waals surface area contributed by atoms with Gasteiger partial charge in [-0.2, -0.15) is 0 Å². The lowest BCUT2D eigenvalue weighted by atomic mass is 10.2. The molecule has 0 bridgehead atoms. The molecule has 20 heavy (non-hydrogen) atoms. The van der Waals surface area contributed by atoms with E-state index in [0.717, 1.165) is 10.5 Å². The predicted molar refractivity (Wildman–Crippen MR) is 74.7 cm³/mol. The second-order valence-corrected chi connectivity index (χ2v) is 4.48. The van der Waals surface area contributed by atoms with Gasteiger partial charge in [-0.15, -0.1) is 6.42 Å². The number of carbonyl (C=O) groups is 2. The first-order valence-corrected chi connectivity index (χ1v) is 6.14. The van der Waals surface area contributed by atoms with Gasteiger partial charge < -0.3 is 14.7 Å². The van der Waals surface area contributed by atoms with Gasteiger partial charge in [-0.3, -0.25) is 9.59 Å². The summed E-state index contributed by atoms with van der Waals surface area (Å²) in [5, 5.41) is 9.27. The Kier molecular flexibility index (Phi) is 5.88. The smallest absolute Gasteiger partial charge is 0.323 e. The van der Waals surface area contributed by atoms with E-state index in [4.69, 9.17) is 27.9 Å². The average Bonchev–Trinajstić information content (AvgIpc) is 2.36. The number of ether oxygens (including phenoxy) is 1. The molecule has 0 saturated carbocycles. The molecule has 0 radical (unpaired) electrons. The molecule has 0 aliphatic carbocycles. The quantitative estimate of drug-likeness (QED) is 0.809. The van der Waals surface area contributed by atoms with E-state index in [1.54, 1.807) is 25.1 Å². The number of nitrogens with zero attached hydrogens (tertiary/aromatic N) is 1. The van der Waals surface area contributed by atoms with Gasteiger partial charge in [0.1, 0.15) is 12.3 Å². The van der Waals surface area contributed by atoms with E-state index in [2.05, 4.69) is 5.92 Å². The minimum Gasteiger partial charge on any atom is -0.483 e. The van der Waals surface area contributed by atoms with Crippen molar-refractivity contribution in [2.24, 2.45) is 0 Å². The Balaban J connectivity index is 2.64. The number of halogens is 1. The zero-order valence-electron chi connectivity index (χ0n) is 10.9. The molecule has 1 aromatic carbocycles. The molecule has 0 aromatic heterocycles. The molecule has 1 rings (SSSR count). The summed E-state index contributed by atoms with van der Waals surface area (Å²) in [6.07, 6.45) is 5.10. The number of amides is 1. The fraction of sp³-hybridized carbons (Fsp3) is 0.286. The number of hydrogen-bond donors (Lipinski definition) is 1. The standard InChI is InChI=1S/C14H14ClNO4/c1-3-6-16(8-14(18)19)13(17)9-20-12-5-4-11(15)7-10(12)2/h1,4-5,7H,6,8-9H2,2H3,(H,18,19). The zero-order valence-corrected chi connectivity index (χ0v) is 11.7. The Bertz CT molecular complexity index is 551. The van der Waals surface area contributed by atoms with Crippen LogP contribution in [0.15, 0.2) is 18.2 Å². The van der Waals surface area contributed by atoms with Gasteiger partial charge >= 0.3 is 5.97 Å². The molecule has 0 aliphatic heterocycles. The number of rotatable bonds is 6. The van der Waals surface area contributed by atoms with Crippen LogP contribution in [0.2, 0.25) is 5.02 Å². The summed E-state index contributed by atoms with van der Waals surface area (Å²) >= 11 is 5.81. The van der Waals surface area contributed by atoms with E-state index in [-0.39, 0.29) is 13.2 Å². The van der Waals surface area contributed by atoms with Crippen molar-refractivity contribution >= 4 is 23.5 Å². The summed E-state index contributed by atoms with van der Waals surface area (Å²) < 4.78 is 5.35. The van der Waals surface area contributed by atoms with Gasteiger partial charge in [-0.25, -0.2) is 0 Å². The highest BCUT2D eigenvalue weighted by atomic mass is 35.5. The van der Waals surface area contributed by atoms with Crippen LogP contribution in [0.5, 0.6) is 5.75 Å². The van der Waals surface area contributed by atoms with E-state index in [0.29, 0.717) is 10.8 Å². The average molecular weight is 296 g/mol. The molecule has 0 unspecified atom stereocenters. The molecule has 0 fully saturated rings. The highest BCUT2D eigenvalue weighted by Gasteiger charge is 2.16. The summed E-state index contributed by atoms with van der Waals surface area (Å²) in [6, 6.07) is 5.00. The van der Waals surface area contributed by atoms with Gasteiger partial charge in [0.2, 0.25) is 0 Å². The number of aliphatic carboxylic acids is 1. The van der Waals surface area contributed by atoms with Crippen LogP contribution in [0.3, 0.4) is 0 Å². The molecule has 1 N–H and O–H groups in total. The highest BCUT2D eigenvalue weighted by Crippen LogP contribution is 2.21. The topological polar surface area (TPSA) is 66.8 Å². The van der Waals surface area contributed by atoms with Crippen LogP contribution in [0, 0.1) is 19.3 Å². The maximum absolute atomic E-state index is 11.8. The lowest BCUT2D eigenvalue weighted by molar-refractivity contribution is -0.144. The number of hydrogen-bond acceptors (Lipinski definition) is 3. The monoisotopic (exact) mass is 295 g/mol. The maximum Gasteiger partial charge on any atom is 0.323 e.